The Bertz CT molecular complexity index is 1170. The Hall–Kier alpha value is -2.75. The monoisotopic (exact) mass is 458 g/mol. The van der Waals surface area contributed by atoms with Crippen LogP contribution in [-0.2, 0) is 33.1 Å². The third-order valence-electron chi connectivity index (χ3n) is 5.37. The van der Waals surface area contributed by atoms with Crippen LogP contribution in [-0.4, -0.2) is 65.9 Å². The zero-order valence-corrected chi connectivity index (χ0v) is 19.7. The molecule has 8 nitrogen and oxygen atoms in total. The van der Waals surface area contributed by atoms with E-state index in [0.29, 0.717) is 25.2 Å². The van der Waals surface area contributed by atoms with Crippen molar-refractivity contribution in [1.82, 2.24) is 18.8 Å². The third kappa shape index (κ3) is 5.17. The molecule has 32 heavy (non-hydrogen) atoms. The van der Waals surface area contributed by atoms with Gasteiger partial charge in [-0.05, 0) is 38.1 Å². The van der Waals surface area contributed by atoms with E-state index in [4.69, 9.17) is 4.74 Å². The fraction of sp³-hybridized carbons (Fsp3) is 0.391. The molecular weight excluding hydrogens is 428 g/mol. The van der Waals surface area contributed by atoms with E-state index in [9.17, 15) is 13.2 Å². The van der Waals surface area contributed by atoms with Gasteiger partial charge < -0.3 is 14.2 Å². The van der Waals surface area contributed by atoms with Crippen molar-refractivity contribution in [3.05, 3.63) is 60.6 Å². The molecule has 0 aliphatic carbocycles. The highest BCUT2D eigenvalue weighted by atomic mass is 32.2. The molecular formula is C23H30N4O4S. The fourth-order valence-electron chi connectivity index (χ4n) is 3.54. The van der Waals surface area contributed by atoms with E-state index in [0.717, 1.165) is 11.1 Å². The first-order valence-corrected chi connectivity index (χ1v) is 11.9. The topological polar surface area (TPSA) is 84.7 Å². The van der Waals surface area contributed by atoms with E-state index in [1.54, 1.807) is 44.2 Å². The van der Waals surface area contributed by atoms with Gasteiger partial charge in [0.1, 0.15) is 4.90 Å². The number of rotatable bonds is 10. The minimum absolute atomic E-state index is 0.1000. The normalized spacial score (nSPS) is 12.1. The molecule has 0 atom stereocenters. The molecule has 0 saturated carbocycles. The molecule has 0 bridgehead atoms. The molecule has 0 aliphatic heterocycles. The van der Waals surface area contributed by atoms with Gasteiger partial charge in [-0.2, -0.15) is 4.31 Å². The molecule has 0 saturated heterocycles. The van der Waals surface area contributed by atoms with Crippen LogP contribution in [0.2, 0.25) is 0 Å². The zero-order valence-electron chi connectivity index (χ0n) is 18.9. The van der Waals surface area contributed by atoms with Gasteiger partial charge in [0.15, 0.2) is 0 Å². The molecule has 0 N–H and O–H groups in total. The number of para-hydroxylation sites is 1. The maximum absolute atomic E-state index is 13.6. The molecule has 3 rings (SSSR count). The Balaban J connectivity index is 1.91. The molecule has 172 valence electrons. The lowest BCUT2D eigenvalue weighted by Gasteiger charge is -2.29. The van der Waals surface area contributed by atoms with Gasteiger partial charge in [-0.3, -0.25) is 9.78 Å². The largest absolute Gasteiger partial charge is 0.383 e. The van der Waals surface area contributed by atoms with Crippen LogP contribution in [0.1, 0.15) is 19.5 Å². The van der Waals surface area contributed by atoms with Crippen LogP contribution in [0, 0.1) is 0 Å². The summed E-state index contributed by atoms with van der Waals surface area (Å²) in [6, 6.07) is 12.1. The van der Waals surface area contributed by atoms with Gasteiger partial charge in [0.2, 0.25) is 15.9 Å². The molecule has 0 radical (unpaired) electrons. The van der Waals surface area contributed by atoms with Crippen molar-refractivity contribution < 1.29 is 17.9 Å². The zero-order chi connectivity index (χ0) is 23.3. The lowest BCUT2D eigenvalue weighted by Crippen LogP contribution is -2.46. The number of carbonyl (C=O) groups is 1. The van der Waals surface area contributed by atoms with Crippen molar-refractivity contribution in [3.63, 3.8) is 0 Å². The van der Waals surface area contributed by atoms with E-state index in [1.165, 1.54) is 10.4 Å². The summed E-state index contributed by atoms with van der Waals surface area (Å²) in [5.74, 6) is -0.284. The van der Waals surface area contributed by atoms with E-state index >= 15 is 0 Å². The standard InChI is InChI=1S/C23H30N4O4S/c1-18(2)27(32(29,30)21-11-5-8-19-9-6-12-24-23(19)21)17-22(28)26(14-15-31-4)16-20-10-7-13-25(20)3/h5-13,18H,14-17H2,1-4H3. The van der Waals surface area contributed by atoms with Gasteiger partial charge in [-0.1, -0.05) is 18.2 Å². The molecule has 0 aliphatic rings. The van der Waals surface area contributed by atoms with Crippen LogP contribution in [0.5, 0.6) is 0 Å². The Morgan fingerprint density at radius 1 is 1.16 bits per heavy atom. The number of pyridine rings is 1. The first kappa shape index (κ1) is 23.9. The van der Waals surface area contributed by atoms with Crippen molar-refractivity contribution in [2.24, 2.45) is 7.05 Å². The predicted octanol–water partition coefficient (Wildman–Crippen LogP) is 2.65. The molecule has 0 unspecified atom stereocenters. The molecule has 9 heteroatoms. The molecule has 3 aromatic rings. The van der Waals surface area contributed by atoms with Crippen LogP contribution in [0.3, 0.4) is 0 Å². The van der Waals surface area contributed by atoms with Crippen LogP contribution in [0.25, 0.3) is 10.9 Å². The van der Waals surface area contributed by atoms with E-state index in [2.05, 4.69) is 4.98 Å². The summed E-state index contributed by atoms with van der Waals surface area (Å²) in [6.45, 7) is 4.35. The SMILES string of the molecule is COCCN(Cc1cccn1C)C(=O)CN(C(C)C)S(=O)(=O)c1cccc2cccnc12. The number of amides is 1. The number of hydrogen-bond acceptors (Lipinski definition) is 5. The summed E-state index contributed by atoms with van der Waals surface area (Å²) in [4.78, 5) is 19.3. The highest BCUT2D eigenvalue weighted by Gasteiger charge is 2.32. The first-order valence-electron chi connectivity index (χ1n) is 10.5. The second-order valence-electron chi connectivity index (χ2n) is 7.89. The highest BCUT2D eigenvalue weighted by molar-refractivity contribution is 7.89. The second-order valence-corrected chi connectivity index (χ2v) is 9.75. The van der Waals surface area contributed by atoms with Gasteiger partial charge in [0, 0.05) is 50.2 Å². The number of fused-ring (bicyclic) bond motifs is 1. The van der Waals surface area contributed by atoms with Crippen LogP contribution < -0.4 is 0 Å². The Morgan fingerprint density at radius 3 is 2.56 bits per heavy atom. The average molecular weight is 459 g/mol. The van der Waals surface area contributed by atoms with Crippen molar-refractivity contribution in [1.29, 1.82) is 0 Å². The van der Waals surface area contributed by atoms with Crippen LogP contribution in [0.4, 0.5) is 0 Å². The lowest BCUT2D eigenvalue weighted by atomic mass is 10.2. The van der Waals surface area contributed by atoms with Gasteiger partial charge in [0.05, 0.1) is 25.2 Å². The highest BCUT2D eigenvalue weighted by Crippen LogP contribution is 2.25. The van der Waals surface area contributed by atoms with Crippen LogP contribution in [0.15, 0.2) is 59.8 Å². The number of carbonyl (C=O) groups excluding carboxylic acids is 1. The summed E-state index contributed by atoms with van der Waals surface area (Å²) in [7, 11) is -0.477. The van der Waals surface area contributed by atoms with Crippen molar-refractivity contribution in [2.75, 3.05) is 26.8 Å². The number of methoxy groups -OCH3 is 1. The van der Waals surface area contributed by atoms with E-state index < -0.39 is 16.1 Å². The number of aromatic nitrogens is 2. The van der Waals surface area contributed by atoms with E-state index in [-0.39, 0.29) is 17.3 Å². The summed E-state index contributed by atoms with van der Waals surface area (Å²) in [6.07, 6.45) is 3.48. The first-order chi connectivity index (χ1) is 15.3. The average Bonchev–Trinajstić information content (AvgIpc) is 3.18. The smallest absolute Gasteiger partial charge is 0.245 e. The van der Waals surface area contributed by atoms with Gasteiger partial charge in [-0.15, -0.1) is 0 Å². The Kier molecular flexibility index (Phi) is 7.65. The molecule has 1 amide bonds. The van der Waals surface area contributed by atoms with Gasteiger partial charge in [-0.25, -0.2) is 8.42 Å². The summed E-state index contributed by atoms with van der Waals surface area (Å²) < 4.78 is 35.6. The number of aryl methyl sites for hydroxylation is 1. The van der Waals surface area contributed by atoms with Crippen LogP contribution >= 0.6 is 0 Å². The summed E-state index contributed by atoms with van der Waals surface area (Å²) in [5.41, 5.74) is 1.35. The van der Waals surface area contributed by atoms with E-state index in [1.807, 2.05) is 42.1 Å². The molecule has 0 fully saturated rings. The number of benzene rings is 1. The predicted molar refractivity (Wildman–Crippen MR) is 123 cm³/mol. The van der Waals surface area contributed by atoms with Crippen molar-refractivity contribution in [3.8, 4) is 0 Å². The van der Waals surface area contributed by atoms with Crippen molar-refractivity contribution in [2.45, 2.75) is 31.3 Å². The Morgan fingerprint density at radius 2 is 1.91 bits per heavy atom. The quantitative estimate of drug-likeness (QED) is 0.466. The Labute approximate surface area is 189 Å². The number of sulfonamides is 1. The van der Waals surface area contributed by atoms with Crippen molar-refractivity contribution >= 4 is 26.8 Å². The van der Waals surface area contributed by atoms with Gasteiger partial charge in [0.25, 0.3) is 0 Å². The number of nitrogens with zero attached hydrogens (tertiary/aromatic N) is 4. The minimum Gasteiger partial charge on any atom is -0.383 e. The minimum atomic E-state index is -3.96. The third-order valence-corrected chi connectivity index (χ3v) is 7.43. The molecule has 1 aromatic carbocycles. The second kappa shape index (κ2) is 10.2. The van der Waals surface area contributed by atoms with Gasteiger partial charge >= 0.3 is 0 Å². The molecule has 2 heterocycles. The maximum atomic E-state index is 13.6. The summed E-state index contributed by atoms with van der Waals surface area (Å²) in [5, 5.41) is 0.731. The fourth-order valence-corrected chi connectivity index (χ4v) is 5.29. The number of ether oxygens (including phenoxy) is 1. The maximum Gasteiger partial charge on any atom is 0.245 e. The molecule has 2 aromatic heterocycles. The number of hydrogen-bond donors (Lipinski definition) is 0. The molecule has 0 spiro atoms. The lowest BCUT2D eigenvalue weighted by molar-refractivity contribution is -0.133. The summed E-state index contributed by atoms with van der Waals surface area (Å²) >= 11 is 0.